The predicted molar refractivity (Wildman–Crippen MR) is 126 cm³/mol. The number of sulfonamides is 1. The third-order valence-corrected chi connectivity index (χ3v) is 6.19. The SMILES string of the molecule is CCOc1ccc(NC(=O)c2cc(Cl)ccc2NS(=O)(=O)c2ccc(Cl)cc2)c([N+](=O)[O-])c1. The Labute approximate surface area is 199 Å². The summed E-state index contributed by atoms with van der Waals surface area (Å²) in [5.41, 5.74) is -0.691. The Morgan fingerprint density at radius 3 is 2.27 bits per heavy atom. The second-order valence-corrected chi connectivity index (χ2v) is 9.13. The van der Waals surface area contributed by atoms with E-state index in [2.05, 4.69) is 10.0 Å². The zero-order valence-corrected chi connectivity index (χ0v) is 19.4. The Balaban J connectivity index is 1.94. The minimum absolute atomic E-state index is 0.0690. The standard InChI is InChI=1S/C21H17Cl2N3O6S/c1-2-32-15-6-10-19(20(12-15)26(28)29)24-21(27)17-11-14(23)5-9-18(17)25-33(30,31)16-7-3-13(22)4-8-16/h3-12,25H,2H2,1H3,(H,24,27). The van der Waals surface area contributed by atoms with Crippen LogP contribution in [0.25, 0.3) is 0 Å². The van der Waals surface area contributed by atoms with Gasteiger partial charge in [-0.1, -0.05) is 23.2 Å². The first-order valence-corrected chi connectivity index (χ1v) is 11.6. The van der Waals surface area contributed by atoms with Crippen LogP contribution < -0.4 is 14.8 Å². The Morgan fingerprint density at radius 1 is 1.00 bits per heavy atom. The molecule has 0 aromatic heterocycles. The van der Waals surface area contributed by atoms with Gasteiger partial charge in [-0.05, 0) is 61.5 Å². The predicted octanol–water partition coefficient (Wildman–Crippen LogP) is 5.35. The van der Waals surface area contributed by atoms with Gasteiger partial charge >= 0.3 is 0 Å². The lowest BCUT2D eigenvalue weighted by molar-refractivity contribution is -0.384. The molecule has 0 aliphatic heterocycles. The van der Waals surface area contributed by atoms with Gasteiger partial charge in [-0.3, -0.25) is 19.6 Å². The van der Waals surface area contributed by atoms with Crippen LogP contribution in [-0.2, 0) is 10.0 Å². The van der Waals surface area contributed by atoms with Crippen molar-refractivity contribution >= 4 is 56.2 Å². The van der Waals surface area contributed by atoms with Crippen LogP contribution in [0.4, 0.5) is 17.1 Å². The van der Waals surface area contributed by atoms with Crippen molar-refractivity contribution in [2.45, 2.75) is 11.8 Å². The monoisotopic (exact) mass is 509 g/mol. The van der Waals surface area contributed by atoms with Crippen LogP contribution in [0.1, 0.15) is 17.3 Å². The molecule has 0 fully saturated rings. The Morgan fingerprint density at radius 2 is 1.64 bits per heavy atom. The van der Waals surface area contributed by atoms with E-state index >= 15 is 0 Å². The highest BCUT2D eigenvalue weighted by Crippen LogP contribution is 2.31. The number of amides is 1. The van der Waals surface area contributed by atoms with Crippen molar-refractivity contribution in [3.05, 3.63) is 86.4 Å². The molecule has 0 atom stereocenters. The van der Waals surface area contributed by atoms with Crippen LogP contribution in [0.2, 0.25) is 10.0 Å². The van der Waals surface area contributed by atoms with Crippen molar-refractivity contribution in [1.29, 1.82) is 0 Å². The molecule has 3 aromatic rings. The van der Waals surface area contributed by atoms with Gasteiger partial charge in [-0.2, -0.15) is 0 Å². The van der Waals surface area contributed by atoms with E-state index in [0.29, 0.717) is 11.6 Å². The third-order valence-electron chi connectivity index (χ3n) is 4.32. The number of nitro groups is 1. The maximum absolute atomic E-state index is 13.0. The van der Waals surface area contributed by atoms with Gasteiger partial charge in [0.2, 0.25) is 0 Å². The fourth-order valence-electron chi connectivity index (χ4n) is 2.83. The van der Waals surface area contributed by atoms with Gasteiger partial charge in [0.1, 0.15) is 11.4 Å². The maximum atomic E-state index is 13.0. The average molecular weight is 510 g/mol. The molecule has 2 N–H and O–H groups in total. The second-order valence-electron chi connectivity index (χ2n) is 6.57. The Hall–Kier alpha value is -3.34. The quantitative estimate of drug-likeness (QED) is 0.311. The van der Waals surface area contributed by atoms with Gasteiger partial charge in [0.05, 0.1) is 33.7 Å². The molecule has 0 saturated heterocycles. The molecule has 12 heteroatoms. The number of nitro benzene ring substituents is 1. The number of carbonyl (C=O) groups excluding carboxylic acids is 1. The average Bonchev–Trinajstić information content (AvgIpc) is 2.76. The molecule has 33 heavy (non-hydrogen) atoms. The van der Waals surface area contributed by atoms with Crippen LogP contribution >= 0.6 is 23.2 Å². The lowest BCUT2D eigenvalue weighted by atomic mass is 10.1. The number of halogens is 2. The van der Waals surface area contributed by atoms with E-state index in [1.807, 2.05) is 0 Å². The van der Waals surface area contributed by atoms with Gasteiger partial charge in [0.15, 0.2) is 0 Å². The van der Waals surface area contributed by atoms with Crippen LogP contribution in [-0.4, -0.2) is 25.9 Å². The lowest BCUT2D eigenvalue weighted by Gasteiger charge is -2.14. The molecule has 0 aliphatic rings. The minimum atomic E-state index is -4.06. The van der Waals surface area contributed by atoms with Gasteiger partial charge in [-0.25, -0.2) is 8.42 Å². The number of ether oxygens (including phenoxy) is 1. The molecule has 9 nitrogen and oxygen atoms in total. The summed E-state index contributed by atoms with van der Waals surface area (Å²) in [5, 5.41) is 14.4. The highest BCUT2D eigenvalue weighted by Gasteiger charge is 2.22. The smallest absolute Gasteiger partial charge is 0.296 e. The van der Waals surface area contributed by atoms with E-state index in [4.69, 9.17) is 27.9 Å². The first-order chi connectivity index (χ1) is 15.6. The van der Waals surface area contributed by atoms with E-state index in [-0.39, 0.29) is 38.3 Å². The van der Waals surface area contributed by atoms with Gasteiger partial charge in [0.25, 0.3) is 21.6 Å². The molecule has 0 bridgehead atoms. The lowest BCUT2D eigenvalue weighted by Crippen LogP contribution is -2.19. The van der Waals surface area contributed by atoms with E-state index in [1.165, 1.54) is 60.7 Å². The van der Waals surface area contributed by atoms with Gasteiger partial charge in [0, 0.05) is 10.0 Å². The van der Waals surface area contributed by atoms with Crippen LogP contribution in [0.3, 0.4) is 0 Å². The van der Waals surface area contributed by atoms with Gasteiger partial charge < -0.3 is 10.1 Å². The van der Waals surface area contributed by atoms with E-state index in [9.17, 15) is 23.3 Å². The first-order valence-electron chi connectivity index (χ1n) is 9.41. The van der Waals surface area contributed by atoms with Crippen molar-refractivity contribution in [1.82, 2.24) is 0 Å². The highest BCUT2D eigenvalue weighted by atomic mass is 35.5. The topological polar surface area (TPSA) is 128 Å². The first kappa shape index (κ1) is 24.3. The second kappa shape index (κ2) is 10.1. The van der Waals surface area contributed by atoms with Crippen LogP contribution in [0, 0.1) is 10.1 Å². The largest absolute Gasteiger partial charge is 0.494 e. The summed E-state index contributed by atoms with van der Waals surface area (Å²) in [5.74, 6) is -0.542. The maximum Gasteiger partial charge on any atom is 0.296 e. The number of nitrogens with one attached hydrogen (secondary N) is 2. The van der Waals surface area contributed by atoms with E-state index in [1.54, 1.807) is 6.92 Å². The Kier molecular flexibility index (Phi) is 7.42. The van der Waals surface area contributed by atoms with Crippen molar-refractivity contribution in [3.8, 4) is 5.75 Å². The van der Waals surface area contributed by atoms with Crippen LogP contribution in [0.5, 0.6) is 5.75 Å². The molecule has 0 saturated carbocycles. The zero-order chi connectivity index (χ0) is 24.2. The molecule has 0 unspecified atom stereocenters. The van der Waals surface area contributed by atoms with Crippen LogP contribution in [0.15, 0.2) is 65.6 Å². The zero-order valence-electron chi connectivity index (χ0n) is 17.0. The summed E-state index contributed by atoms with van der Waals surface area (Å²) in [6, 6.07) is 13.4. The number of hydrogen-bond acceptors (Lipinski definition) is 6. The summed E-state index contributed by atoms with van der Waals surface area (Å²) in [6.45, 7) is 2.04. The molecular formula is C21H17Cl2N3O6S. The summed E-state index contributed by atoms with van der Waals surface area (Å²) >= 11 is 11.8. The fraction of sp³-hybridized carbons (Fsp3) is 0.0952. The summed E-state index contributed by atoms with van der Waals surface area (Å²) in [4.78, 5) is 23.7. The fourth-order valence-corrected chi connectivity index (χ4v) is 4.20. The number of nitrogens with zero attached hydrogens (tertiary/aromatic N) is 1. The molecule has 3 rings (SSSR count). The molecule has 0 aliphatic carbocycles. The van der Waals surface area contributed by atoms with Crippen molar-refractivity contribution in [3.63, 3.8) is 0 Å². The van der Waals surface area contributed by atoms with Crippen molar-refractivity contribution in [2.75, 3.05) is 16.6 Å². The molecule has 0 spiro atoms. The number of anilines is 2. The molecule has 0 radical (unpaired) electrons. The molecule has 172 valence electrons. The molecular weight excluding hydrogens is 493 g/mol. The number of benzene rings is 3. The van der Waals surface area contributed by atoms with E-state index in [0.717, 1.165) is 0 Å². The normalized spacial score (nSPS) is 11.0. The van der Waals surface area contributed by atoms with Crippen molar-refractivity contribution < 1.29 is 22.9 Å². The molecule has 3 aromatic carbocycles. The third kappa shape index (κ3) is 5.92. The van der Waals surface area contributed by atoms with Crippen molar-refractivity contribution in [2.24, 2.45) is 0 Å². The Bertz CT molecular complexity index is 1310. The molecule has 1 amide bonds. The number of hydrogen-bond donors (Lipinski definition) is 2. The van der Waals surface area contributed by atoms with Gasteiger partial charge in [-0.15, -0.1) is 0 Å². The highest BCUT2D eigenvalue weighted by molar-refractivity contribution is 7.92. The summed E-state index contributed by atoms with van der Waals surface area (Å²) in [6.07, 6.45) is 0. The summed E-state index contributed by atoms with van der Waals surface area (Å²) < 4.78 is 33.1. The summed E-state index contributed by atoms with van der Waals surface area (Å²) in [7, 11) is -4.06. The van der Waals surface area contributed by atoms with E-state index < -0.39 is 20.9 Å². The number of carbonyl (C=O) groups is 1. The molecule has 0 heterocycles. The minimum Gasteiger partial charge on any atom is -0.494 e. The number of rotatable bonds is 8.